The van der Waals surface area contributed by atoms with Crippen LogP contribution in [0.2, 0.25) is 0 Å². The average Bonchev–Trinajstić information content (AvgIpc) is 2.33. The molecule has 0 heterocycles. The van der Waals surface area contributed by atoms with Crippen molar-refractivity contribution < 1.29 is 23.1 Å². The smallest absolute Gasteiger partial charge is 0.416 e. The summed E-state index contributed by atoms with van der Waals surface area (Å²) in [6, 6.07) is 4.86. The Bertz CT molecular complexity index is 432. The summed E-state index contributed by atoms with van der Waals surface area (Å²) in [5.41, 5.74) is -0.144. The summed E-state index contributed by atoms with van der Waals surface area (Å²) < 4.78 is 37.6. The number of nitrogens with one attached hydrogen (secondary N) is 1. The van der Waals surface area contributed by atoms with Crippen LogP contribution in [0.1, 0.15) is 36.9 Å². The van der Waals surface area contributed by atoms with Crippen LogP contribution in [0, 0.1) is 0 Å². The molecule has 0 bridgehead atoms. The van der Waals surface area contributed by atoms with Crippen molar-refractivity contribution in [1.29, 1.82) is 0 Å². The van der Waals surface area contributed by atoms with Crippen LogP contribution in [0.3, 0.4) is 0 Å². The normalized spacial score (nSPS) is 13.3. The third-order valence-electron chi connectivity index (χ3n) is 2.73. The Morgan fingerprint density at radius 1 is 1.42 bits per heavy atom. The molecule has 3 nitrogen and oxygen atoms in total. The molecule has 1 unspecified atom stereocenters. The van der Waals surface area contributed by atoms with E-state index in [9.17, 15) is 18.0 Å². The van der Waals surface area contributed by atoms with Crippen molar-refractivity contribution in [3.8, 4) is 0 Å². The van der Waals surface area contributed by atoms with Crippen molar-refractivity contribution in [2.75, 3.05) is 6.54 Å². The number of rotatable bonds is 6. The number of hydrogen-bond acceptors (Lipinski definition) is 2. The van der Waals surface area contributed by atoms with Gasteiger partial charge in [0.1, 0.15) is 0 Å². The van der Waals surface area contributed by atoms with Gasteiger partial charge in [-0.3, -0.25) is 4.79 Å². The van der Waals surface area contributed by atoms with E-state index in [1.807, 2.05) is 0 Å². The molecular formula is C13H16F3NO2. The second-order valence-corrected chi connectivity index (χ2v) is 4.30. The first-order valence-electron chi connectivity index (χ1n) is 5.93. The maximum atomic E-state index is 12.5. The molecule has 0 saturated heterocycles. The number of carboxylic acid groups (broad SMARTS) is 1. The Hall–Kier alpha value is -1.56. The van der Waals surface area contributed by atoms with E-state index in [2.05, 4.69) is 5.32 Å². The monoisotopic (exact) mass is 275 g/mol. The van der Waals surface area contributed by atoms with Crippen LogP contribution in [0.4, 0.5) is 13.2 Å². The molecule has 6 heteroatoms. The lowest BCUT2D eigenvalue weighted by atomic mass is 10.0. The molecule has 0 amide bonds. The summed E-state index contributed by atoms with van der Waals surface area (Å²) in [6.45, 7) is 2.19. The SMILES string of the molecule is CC(NCCCC(=O)O)c1cccc(C(F)(F)F)c1. The Balaban J connectivity index is 2.57. The molecule has 0 fully saturated rings. The van der Waals surface area contributed by atoms with Gasteiger partial charge in [0.2, 0.25) is 0 Å². The van der Waals surface area contributed by atoms with Crippen LogP contribution in [0.25, 0.3) is 0 Å². The van der Waals surface area contributed by atoms with Gasteiger partial charge in [-0.2, -0.15) is 13.2 Å². The van der Waals surface area contributed by atoms with E-state index in [4.69, 9.17) is 5.11 Å². The minimum atomic E-state index is -4.35. The molecule has 1 aromatic rings. The van der Waals surface area contributed by atoms with Gasteiger partial charge in [-0.1, -0.05) is 12.1 Å². The van der Waals surface area contributed by atoms with Gasteiger partial charge < -0.3 is 10.4 Å². The van der Waals surface area contributed by atoms with Gasteiger partial charge in [0.25, 0.3) is 0 Å². The predicted octanol–water partition coefficient (Wildman–Crippen LogP) is 3.22. The number of aliphatic carboxylic acids is 1. The number of halogens is 3. The number of hydrogen-bond donors (Lipinski definition) is 2. The molecule has 0 saturated carbocycles. The Morgan fingerprint density at radius 2 is 2.11 bits per heavy atom. The summed E-state index contributed by atoms with van der Waals surface area (Å²) in [5, 5.41) is 11.5. The number of carboxylic acids is 1. The molecule has 0 spiro atoms. The maximum absolute atomic E-state index is 12.5. The molecule has 1 atom stereocenters. The summed E-state index contributed by atoms with van der Waals surface area (Å²) in [4.78, 5) is 10.3. The van der Waals surface area contributed by atoms with Crippen molar-refractivity contribution in [3.05, 3.63) is 35.4 Å². The van der Waals surface area contributed by atoms with Crippen molar-refractivity contribution >= 4 is 5.97 Å². The highest BCUT2D eigenvalue weighted by Crippen LogP contribution is 2.30. The molecule has 0 aromatic heterocycles. The third kappa shape index (κ3) is 5.30. The van der Waals surface area contributed by atoms with Crippen LogP contribution in [-0.4, -0.2) is 17.6 Å². The molecule has 2 N–H and O–H groups in total. The van der Waals surface area contributed by atoms with E-state index in [-0.39, 0.29) is 12.5 Å². The van der Waals surface area contributed by atoms with Crippen LogP contribution < -0.4 is 5.32 Å². The van der Waals surface area contributed by atoms with Gasteiger partial charge in [-0.05, 0) is 37.6 Å². The number of alkyl halides is 3. The minimum Gasteiger partial charge on any atom is -0.481 e. The van der Waals surface area contributed by atoms with Crippen LogP contribution in [0.5, 0.6) is 0 Å². The van der Waals surface area contributed by atoms with Gasteiger partial charge in [0.15, 0.2) is 0 Å². The van der Waals surface area contributed by atoms with Crippen LogP contribution in [0.15, 0.2) is 24.3 Å². The predicted molar refractivity (Wildman–Crippen MR) is 64.7 cm³/mol. The average molecular weight is 275 g/mol. The summed E-state index contributed by atoms with van der Waals surface area (Å²) >= 11 is 0. The first-order chi connectivity index (χ1) is 8.80. The van der Waals surface area contributed by atoms with E-state index < -0.39 is 17.7 Å². The first kappa shape index (κ1) is 15.5. The van der Waals surface area contributed by atoms with Crippen molar-refractivity contribution in [1.82, 2.24) is 5.32 Å². The van der Waals surface area contributed by atoms with Crippen LogP contribution in [-0.2, 0) is 11.0 Å². The zero-order chi connectivity index (χ0) is 14.5. The van der Waals surface area contributed by atoms with Gasteiger partial charge in [-0.25, -0.2) is 0 Å². The fourth-order valence-electron chi connectivity index (χ4n) is 1.66. The fourth-order valence-corrected chi connectivity index (χ4v) is 1.66. The van der Waals surface area contributed by atoms with E-state index in [0.29, 0.717) is 18.5 Å². The third-order valence-corrected chi connectivity index (χ3v) is 2.73. The van der Waals surface area contributed by atoms with E-state index >= 15 is 0 Å². The van der Waals surface area contributed by atoms with Gasteiger partial charge >= 0.3 is 12.1 Å². The quantitative estimate of drug-likeness (QED) is 0.784. The van der Waals surface area contributed by atoms with Gasteiger partial charge in [0, 0.05) is 12.5 Å². The molecule has 1 aromatic carbocycles. The van der Waals surface area contributed by atoms with Crippen molar-refractivity contribution in [3.63, 3.8) is 0 Å². The zero-order valence-electron chi connectivity index (χ0n) is 10.5. The summed E-state index contributed by atoms with van der Waals surface area (Å²) in [5.74, 6) is -0.881. The lowest BCUT2D eigenvalue weighted by molar-refractivity contribution is -0.138. The topological polar surface area (TPSA) is 49.3 Å². The molecule has 106 valence electrons. The van der Waals surface area contributed by atoms with E-state index in [1.165, 1.54) is 6.07 Å². The van der Waals surface area contributed by atoms with Crippen LogP contribution >= 0.6 is 0 Å². The second kappa shape index (κ2) is 6.56. The van der Waals surface area contributed by atoms with E-state index in [0.717, 1.165) is 12.1 Å². The lowest BCUT2D eigenvalue weighted by Crippen LogP contribution is -2.21. The molecule has 19 heavy (non-hydrogen) atoms. The Morgan fingerprint density at radius 3 is 2.68 bits per heavy atom. The summed E-state index contributed by atoms with van der Waals surface area (Å²) in [6.07, 6.45) is -3.86. The fraction of sp³-hybridized carbons (Fsp3) is 0.462. The number of carbonyl (C=O) groups is 1. The Labute approximate surface area is 109 Å². The molecule has 0 aliphatic heterocycles. The largest absolute Gasteiger partial charge is 0.481 e. The molecule has 1 rings (SSSR count). The molecule has 0 radical (unpaired) electrons. The highest BCUT2D eigenvalue weighted by molar-refractivity contribution is 5.66. The van der Waals surface area contributed by atoms with Crippen molar-refractivity contribution in [2.24, 2.45) is 0 Å². The summed E-state index contributed by atoms with van der Waals surface area (Å²) in [7, 11) is 0. The van der Waals surface area contributed by atoms with E-state index in [1.54, 1.807) is 13.0 Å². The Kier molecular flexibility index (Phi) is 5.35. The maximum Gasteiger partial charge on any atom is 0.416 e. The molecule has 0 aliphatic carbocycles. The highest BCUT2D eigenvalue weighted by Gasteiger charge is 2.30. The second-order valence-electron chi connectivity index (χ2n) is 4.30. The standard InChI is InChI=1S/C13H16F3NO2/c1-9(17-7-3-6-12(18)19)10-4-2-5-11(8-10)13(14,15)16/h2,4-5,8-9,17H,3,6-7H2,1H3,(H,18,19). The van der Waals surface area contributed by atoms with Gasteiger partial charge in [-0.15, -0.1) is 0 Å². The highest BCUT2D eigenvalue weighted by atomic mass is 19.4. The molecular weight excluding hydrogens is 259 g/mol. The number of benzene rings is 1. The minimum absolute atomic E-state index is 0.0440. The van der Waals surface area contributed by atoms with Crippen molar-refractivity contribution in [2.45, 2.75) is 32.0 Å². The zero-order valence-corrected chi connectivity index (χ0v) is 10.5. The van der Waals surface area contributed by atoms with Gasteiger partial charge in [0.05, 0.1) is 5.56 Å². The lowest BCUT2D eigenvalue weighted by Gasteiger charge is -2.16. The first-order valence-corrected chi connectivity index (χ1v) is 5.93. The molecule has 0 aliphatic rings.